The number of nitrogens with one attached hydrogen (secondary N) is 1. The highest BCUT2D eigenvalue weighted by atomic mass is 16.5. The third-order valence-corrected chi connectivity index (χ3v) is 5.38. The summed E-state index contributed by atoms with van der Waals surface area (Å²) in [6.45, 7) is 4.47. The van der Waals surface area contributed by atoms with Gasteiger partial charge in [0.05, 0.1) is 6.10 Å². The van der Waals surface area contributed by atoms with Gasteiger partial charge in [-0.25, -0.2) is 4.98 Å². The Morgan fingerprint density at radius 3 is 2.93 bits per heavy atom. The molecule has 28 heavy (non-hydrogen) atoms. The number of carbonyl (C=O) groups is 1. The number of rotatable bonds is 5. The van der Waals surface area contributed by atoms with Gasteiger partial charge >= 0.3 is 0 Å². The molecule has 0 radical (unpaired) electrons. The first-order valence-corrected chi connectivity index (χ1v) is 9.88. The molecule has 2 aliphatic heterocycles. The van der Waals surface area contributed by atoms with Crippen molar-refractivity contribution >= 4 is 11.9 Å². The average molecular weight is 382 g/mol. The van der Waals surface area contributed by atoms with Crippen molar-refractivity contribution in [1.82, 2.24) is 14.9 Å². The molecule has 2 aromatic rings. The Morgan fingerprint density at radius 1 is 1.32 bits per heavy atom. The molecular weight excluding hydrogens is 356 g/mol. The lowest BCUT2D eigenvalue weighted by molar-refractivity contribution is -0.122. The molecular formula is C21H26N4O3. The summed E-state index contributed by atoms with van der Waals surface area (Å²) in [4.78, 5) is 31.8. The summed E-state index contributed by atoms with van der Waals surface area (Å²) in [6, 6.07) is 9.80. The van der Waals surface area contributed by atoms with E-state index < -0.39 is 0 Å². The molecule has 0 aliphatic carbocycles. The van der Waals surface area contributed by atoms with Crippen molar-refractivity contribution in [3.63, 3.8) is 0 Å². The summed E-state index contributed by atoms with van der Waals surface area (Å²) < 4.78 is 7.02. The average Bonchev–Trinajstić information content (AvgIpc) is 3.21. The van der Waals surface area contributed by atoms with Crippen LogP contribution in [-0.2, 0) is 29.0 Å². The lowest BCUT2D eigenvalue weighted by Crippen LogP contribution is -2.40. The molecule has 3 heterocycles. The molecule has 4 rings (SSSR count). The number of nitrogens with zero attached hydrogens (tertiary/aromatic N) is 3. The fraction of sp³-hybridized carbons (Fsp3) is 0.476. The molecule has 7 nitrogen and oxygen atoms in total. The Hall–Kier alpha value is -2.67. The largest absolute Gasteiger partial charge is 0.376 e. The highest BCUT2D eigenvalue weighted by Gasteiger charge is 2.22. The molecule has 0 saturated carbocycles. The number of amides is 1. The van der Waals surface area contributed by atoms with E-state index in [1.165, 1.54) is 21.8 Å². The van der Waals surface area contributed by atoms with Gasteiger partial charge in [0.2, 0.25) is 11.9 Å². The first-order chi connectivity index (χ1) is 13.6. The van der Waals surface area contributed by atoms with Crippen LogP contribution in [0, 0.1) is 6.92 Å². The molecule has 0 bridgehead atoms. The van der Waals surface area contributed by atoms with Gasteiger partial charge in [0.1, 0.15) is 6.54 Å². The summed E-state index contributed by atoms with van der Waals surface area (Å²) in [5.74, 6) is 0.369. The van der Waals surface area contributed by atoms with Crippen LogP contribution in [-0.4, -0.2) is 41.3 Å². The van der Waals surface area contributed by atoms with Gasteiger partial charge in [0, 0.05) is 38.0 Å². The molecule has 1 saturated heterocycles. The van der Waals surface area contributed by atoms with Gasteiger partial charge in [0.25, 0.3) is 5.56 Å². The van der Waals surface area contributed by atoms with Gasteiger partial charge in [-0.2, -0.15) is 0 Å². The second-order valence-corrected chi connectivity index (χ2v) is 7.50. The Balaban J connectivity index is 1.53. The van der Waals surface area contributed by atoms with Gasteiger partial charge in [-0.15, -0.1) is 0 Å². The van der Waals surface area contributed by atoms with Crippen LogP contribution in [0.4, 0.5) is 5.95 Å². The fourth-order valence-corrected chi connectivity index (χ4v) is 3.89. The topological polar surface area (TPSA) is 76.5 Å². The standard InChI is InChI=1S/C21H26N4O3/c1-15-11-20(27)25(14-19(26)22-12-18-7-4-10-28-18)21(23-15)24-9-8-16-5-2-3-6-17(16)13-24/h2-3,5-6,11,18H,4,7-10,12-14H2,1H3,(H,22,26)/t18-/m1/s1. The van der Waals surface area contributed by atoms with Crippen LogP contribution in [0.15, 0.2) is 35.1 Å². The molecule has 1 aromatic carbocycles. The van der Waals surface area contributed by atoms with Crippen molar-refractivity contribution in [1.29, 1.82) is 0 Å². The van der Waals surface area contributed by atoms with Crippen molar-refractivity contribution in [3.8, 4) is 0 Å². The zero-order valence-electron chi connectivity index (χ0n) is 16.2. The summed E-state index contributed by atoms with van der Waals surface area (Å²) >= 11 is 0. The molecule has 2 aliphatic rings. The number of aromatic nitrogens is 2. The van der Waals surface area contributed by atoms with E-state index in [0.717, 1.165) is 32.4 Å². The van der Waals surface area contributed by atoms with Gasteiger partial charge in [0.15, 0.2) is 0 Å². The SMILES string of the molecule is Cc1cc(=O)n(CC(=O)NC[C@H]2CCCO2)c(N2CCc3ccccc3C2)n1. The first kappa shape index (κ1) is 18.7. The molecule has 1 aromatic heterocycles. The summed E-state index contributed by atoms with van der Waals surface area (Å²) in [6.07, 6.45) is 2.97. The second kappa shape index (κ2) is 8.14. The van der Waals surface area contributed by atoms with E-state index in [1.807, 2.05) is 19.1 Å². The third-order valence-electron chi connectivity index (χ3n) is 5.38. The van der Waals surface area contributed by atoms with Crippen LogP contribution in [0.1, 0.15) is 29.7 Å². The molecule has 0 spiro atoms. The van der Waals surface area contributed by atoms with Crippen molar-refractivity contribution in [3.05, 3.63) is 57.5 Å². The van der Waals surface area contributed by atoms with Crippen LogP contribution < -0.4 is 15.8 Å². The second-order valence-electron chi connectivity index (χ2n) is 7.50. The van der Waals surface area contributed by atoms with E-state index in [-0.39, 0.29) is 24.1 Å². The minimum atomic E-state index is -0.200. The van der Waals surface area contributed by atoms with Gasteiger partial charge < -0.3 is 15.0 Å². The van der Waals surface area contributed by atoms with Crippen molar-refractivity contribution in [2.24, 2.45) is 0 Å². The van der Waals surface area contributed by atoms with E-state index in [9.17, 15) is 9.59 Å². The van der Waals surface area contributed by atoms with Crippen molar-refractivity contribution in [2.45, 2.75) is 45.4 Å². The van der Waals surface area contributed by atoms with Crippen LogP contribution in [0.25, 0.3) is 0 Å². The van der Waals surface area contributed by atoms with Crippen molar-refractivity contribution < 1.29 is 9.53 Å². The number of fused-ring (bicyclic) bond motifs is 1. The quantitative estimate of drug-likeness (QED) is 0.846. The van der Waals surface area contributed by atoms with Crippen LogP contribution in [0.2, 0.25) is 0 Å². The maximum Gasteiger partial charge on any atom is 0.255 e. The number of carbonyl (C=O) groups excluding carboxylic acids is 1. The Kier molecular flexibility index (Phi) is 5.43. The third kappa shape index (κ3) is 4.09. The lowest BCUT2D eigenvalue weighted by atomic mass is 10.0. The molecule has 148 valence electrons. The smallest absolute Gasteiger partial charge is 0.255 e. The fourth-order valence-electron chi connectivity index (χ4n) is 3.89. The van der Waals surface area contributed by atoms with Crippen molar-refractivity contribution in [2.75, 3.05) is 24.6 Å². The lowest BCUT2D eigenvalue weighted by Gasteiger charge is -2.31. The van der Waals surface area contributed by atoms with Gasteiger partial charge in [-0.3, -0.25) is 14.2 Å². The highest BCUT2D eigenvalue weighted by Crippen LogP contribution is 2.22. The number of benzene rings is 1. The molecule has 1 N–H and O–H groups in total. The summed E-state index contributed by atoms with van der Waals surface area (Å²) in [5.41, 5.74) is 3.02. The van der Waals surface area contributed by atoms with E-state index in [2.05, 4.69) is 27.3 Å². The Morgan fingerprint density at radius 2 is 2.14 bits per heavy atom. The molecule has 1 atom stereocenters. The zero-order valence-corrected chi connectivity index (χ0v) is 16.2. The van der Waals surface area contributed by atoms with E-state index in [4.69, 9.17) is 4.74 Å². The van der Waals surface area contributed by atoms with Crippen LogP contribution in [0.5, 0.6) is 0 Å². The summed E-state index contributed by atoms with van der Waals surface area (Å²) in [7, 11) is 0. The number of anilines is 1. The molecule has 1 fully saturated rings. The number of hydrogen-bond donors (Lipinski definition) is 1. The van der Waals surface area contributed by atoms with E-state index in [0.29, 0.717) is 24.7 Å². The summed E-state index contributed by atoms with van der Waals surface area (Å²) in [5, 5.41) is 2.89. The van der Waals surface area contributed by atoms with Gasteiger partial charge in [-0.1, -0.05) is 24.3 Å². The highest BCUT2D eigenvalue weighted by molar-refractivity contribution is 5.76. The Labute approximate surface area is 164 Å². The predicted molar refractivity (Wildman–Crippen MR) is 106 cm³/mol. The minimum Gasteiger partial charge on any atom is -0.376 e. The normalized spacial score (nSPS) is 18.8. The van der Waals surface area contributed by atoms with Gasteiger partial charge in [-0.05, 0) is 37.3 Å². The number of ether oxygens (including phenoxy) is 1. The monoisotopic (exact) mass is 382 g/mol. The minimum absolute atomic E-state index is 0.0354. The molecule has 7 heteroatoms. The maximum absolute atomic E-state index is 12.6. The molecule has 0 unspecified atom stereocenters. The van der Waals surface area contributed by atoms with Crippen LogP contribution in [0.3, 0.4) is 0 Å². The number of aryl methyl sites for hydroxylation is 1. The van der Waals surface area contributed by atoms with E-state index in [1.54, 1.807) is 0 Å². The predicted octanol–water partition coefficient (Wildman–Crippen LogP) is 1.41. The van der Waals surface area contributed by atoms with Crippen LogP contribution >= 0.6 is 0 Å². The molecule has 1 amide bonds. The Bertz CT molecular complexity index is 918. The number of hydrogen-bond acceptors (Lipinski definition) is 5. The maximum atomic E-state index is 12.6. The first-order valence-electron chi connectivity index (χ1n) is 9.88. The zero-order chi connectivity index (χ0) is 19.5. The van der Waals surface area contributed by atoms with E-state index >= 15 is 0 Å².